The summed E-state index contributed by atoms with van der Waals surface area (Å²) in [5, 5.41) is 7.47. The lowest BCUT2D eigenvalue weighted by Crippen LogP contribution is -2.25. The van der Waals surface area contributed by atoms with E-state index in [1.54, 1.807) is 0 Å². The molecule has 1 aliphatic heterocycles. The molecule has 1 saturated heterocycles. The van der Waals surface area contributed by atoms with E-state index in [0.717, 1.165) is 37.6 Å². The van der Waals surface area contributed by atoms with Gasteiger partial charge in [0.2, 0.25) is 5.89 Å². The lowest BCUT2D eigenvalue weighted by Gasteiger charge is -2.15. The van der Waals surface area contributed by atoms with Crippen molar-refractivity contribution >= 4 is 0 Å². The molecule has 0 bridgehead atoms. The highest BCUT2D eigenvalue weighted by Gasteiger charge is 2.36. The number of aryl methyl sites for hydroxylation is 1. The molecule has 4 nitrogen and oxygen atoms in total. The Hall–Kier alpha value is -1.68. The first-order valence-electron chi connectivity index (χ1n) is 6.75. The van der Waals surface area contributed by atoms with Crippen molar-refractivity contribution in [1.29, 1.82) is 0 Å². The van der Waals surface area contributed by atoms with Crippen LogP contribution >= 0.6 is 0 Å². The van der Waals surface area contributed by atoms with Crippen LogP contribution in [0.1, 0.15) is 36.2 Å². The third-order valence-electron chi connectivity index (χ3n) is 3.80. The van der Waals surface area contributed by atoms with Crippen molar-refractivity contribution < 1.29 is 4.52 Å². The monoisotopic (exact) mass is 257 g/mol. The van der Waals surface area contributed by atoms with Gasteiger partial charge >= 0.3 is 0 Å². The summed E-state index contributed by atoms with van der Waals surface area (Å²) in [6, 6.07) is 8.42. The highest BCUT2D eigenvalue weighted by Crippen LogP contribution is 2.28. The average Bonchev–Trinajstić information content (AvgIpc) is 2.99. The van der Waals surface area contributed by atoms with Gasteiger partial charge in [0.1, 0.15) is 0 Å². The number of hydrogen-bond acceptors (Lipinski definition) is 4. The van der Waals surface area contributed by atoms with Crippen LogP contribution in [0.2, 0.25) is 0 Å². The van der Waals surface area contributed by atoms with E-state index in [4.69, 9.17) is 4.52 Å². The first-order valence-corrected chi connectivity index (χ1v) is 6.75. The number of rotatable bonds is 3. The summed E-state index contributed by atoms with van der Waals surface area (Å²) in [4.78, 5) is 4.57. The van der Waals surface area contributed by atoms with Crippen LogP contribution < -0.4 is 5.32 Å². The number of hydrogen-bond donors (Lipinski definition) is 1. The molecule has 1 aromatic heterocycles. The molecule has 0 spiro atoms. The fourth-order valence-corrected chi connectivity index (χ4v) is 2.58. The molecule has 1 aromatic carbocycles. The van der Waals surface area contributed by atoms with Gasteiger partial charge in [0.25, 0.3) is 0 Å². The van der Waals surface area contributed by atoms with Crippen molar-refractivity contribution in [3.8, 4) is 0 Å². The Morgan fingerprint density at radius 3 is 3.05 bits per heavy atom. The van der Waals surface area contributed by atoms with Gasteiger partial charge < -0.3 is 9.84 Å². The molecule has 0 amide bonds. The van der Waals surface area contributed by atoms with Gasteiger partial charge in [-0.05, 0) is 32.4 Å². The predicted octanol–water partition coefficient (Wildman–Crippen LogP) is 2.22. The van der Waals surface area contributed by atoms with E-state index in [9.17, 15) is 0 Å². The van der Waals surface area contributed by atoms with Crippen LogP contribution in [-0.2, 0) is 11.8 Å². The second-order valence-electron chi connectivity index (χ2n) is 5.67. The van der Waals surface area contributed by atoms with E-state index in [-0.39, 0.29) is 5.41 Å². The largest absolute Gasteiger partial charge is 0.339 e. The van der Waals surface area contributed by atoms with Crippen molar-refractivity contribution in [3.05, 3.63) is 47.1 Å². The van der Waals surface area contributed by atoms with E-state index in [1.807, 2.05) is 0 Å². The molecule has 3 rings (SSSR count). The van der Waals surface area contributed by atoms with Gasteiger partial charge in [-0.15, -0.1) is 0 Å². The van der Waals surface area contributed by atoms with Crippen molar-refractivity contribution in [1.82, 2.24) is 15.5 Å². The van der Waals surface area contributed by atoms with Gasteiger partial charge in [0, 0.05) is 13.0 Å². The molecule has 1 unspecified atom stereocenters. The number of aromatic nitrogens is 2. The van der Waals surface area contributed by atoms with Crippen LogP contribution in [-0.4, -0.2) is 23.2 Å². The summed E-state index contributed by atoms with van der Waals surface area (Å²) >= 11 is 0. The highest BCUT2D eigenvalue weighted by atomic mass is 16.5. The molecule has 0 radical (unpaired) electrons. The molecular weight excluding hydrogens is 238 g/mol. The fraction of sp³-hybridized carbons (Fsp3) is 0.467. The molecule has 0 aliphatic carbocycles. The average molecular weight is 257 g/mol. The molecule has 2 aromatic rings. The summed E-state index contributed by atoms with van der Waals surface area (Å²) in [7, 11) is 0. The molecule has 0 saturated carbocycles. The highest BCUT2D eigenvalue weighted by molar-refractivity contribution is 5.24. The second-order valence-corrected chi connectivity index (χ2v) is 5.67. The normalized spacial score (nSPS) is 22.8. The number of nitrogens with zero attached hydrogens (tertiary/aromatic N) is 2. The van der Waals surface area contributed by atoms with Gasteiger partial charge in [0.15, 0.2) is 5.82 Å². The molecule has 1 N–H and O–H groups in total. The van der Waals surface area contributed by atoms with E-state index >= 15 is 0 Å². The van der Waals surface area contributed by atoms with E-state index in [2.05, 4.69) is 53.6 Å². The van der Waals surface area contributed by atoms with E-state index < -0.39 is 0 Å². The minimum Gasteiger partial charge on any atom is -0.339 e. The summed E-state index contributed by atoms with van der Waals surface area (Å²) in [6.07, 6.45) is 1.79. The van der Waals surface area contributed by atoms with Crippen molar-refractivity contribution in [2.24, 2.45) is 0 Å². The predicted molar refractivity (Wildman–Crippen MR) is 73.1 cm³/mol. The van der Waals surface area contributed by atoms with Crippen LogP contribution in [0.4, 0.5) is 0 Å². The van der Waals surface area contributed by atoms with Crippen LogP contribution in [0.25, 0.3) is 0 Å². The minimum atomic E-state index is -0.00213. The third-order valence-corrected chi connectivity index (χ3v) is 3.80. The van der Waals surface area contributed by atoms with Crippen LogP contribution in [0.3, 0.4) is 0 Å². The lowest BCUT2D eigenvalue weighted by molar-refractivity contribution is 0.304. The van der Waals surface area contributed by atoms with Gasteiger partial charge in [-0.1, -0.05) is 35.0 Å². The number of nitrogens with one attached hydrogen (secondary N) is 1. The summed E-state index contributed by atoms with van der Waals surface area (Å²) in [5.74, 6) is 1.54. The zero-order chi connectivity index (χ0) is 13.3. The maximum absolute atomic E-state index is 5.45. The first-order chi connectivity index (χ1) is 9.16. The Labute approximate surface area is 113 Å². The SMILES string of the molecule is Cc1cccc(Cc2noc(C3(C)CCNC3)n2)c1. The molecule has 2 heterocycles. The van der Waals surface area contributed by atoms with Crippen molar-refractivity contribution in [2.45, 2.75) is 32.1 Å². The number of benzene rings is 1. The molecule has 100 valence electrons. The Kier molecular flexibility index (Phi) is 3.11. The summed E-state index contributed by atoms with van der Waals surface area (Å²) < 4.78 is 5.45. The molecule has 1 atom stereocenters. The van der Waals surface area contributed by atoms with Gasteiger partial charge in [0.05, 0.1) is 5.41 Å². The summed E-state index contributed by atoms with van der Waals surface area (Å²) in [5.41, 5.74) is 2.48. The Morgan fingerprint density at radius 1 is 1.42 bits per heavy atom. The topological polar surface area (TPSA) is 51.0 Å². The fourth-order valence-electron chi connectivity index (χ4n) is 2.58. The van der Waals surface area contributed by atoms with Crippen molar-refractivity contribution in [2.75, 3.05) is 13.1 Å². The van der Waals surface area contributed by atoms with Crippen LogP contribution in [0.5, 0.6) is 0 Å². The molecule has 4 heteroatoms. The Bertz CT molecular complexity index is 570. The lowest BCUT2D eigenvalue weighted by atomic mass is 9.90. The third kappa shape index (κ3) is 2.54. The van der Waals surface area contributed by atoms with Crippen LogP contribution in [0, 0.1) is 6.92 Å². The maximum Gasteiger partial charge on any atom is 0.233 e. The van der Waals surface area contributed by atoms with E-state index in [0.29, 0.717) is 0 Å². The van der Waals surface area contributed by atoms with Gasteiger partial charge in [-0.2, -0.15) is 4.98 Å². The van der Waals surface area contributed by atoms with Crippen molar-refractivity contribution in [3.63, 3.8) is 0 Å². The van der Waals surface area contributed by atoms with Crippen LogP contribution in [0.15, 0.2) is 28.8 Å². The first kappa shape index (κ1) is 12.4. The van der Waals surface area contributed by atoms with Gasteiger partial charge in [-0.3, -0.25) is 0 Å². The Morgan fingerprint density at radius 2 is 2.32 bits per heavy atom. The quantitative estimate of drug-likeness (QED) is 0.916. The van der Waals surface area contributed by atoms with Gasteiger partial charge in [-0.25, -0.2) is 0 Å². The smallest absolute Gasteiger partial charge is 0.233 e. The molecule has 19 heavy (non-hydrogen) atoms. The second kappa shape index (κ2) is 4.78. The standard InChI is InChI=1S/C15H19N3O/c1-11-4-3-5-12(8-11)9-13-17-14(19-18-13)15(2)6-7-16-10-15/h3-5,8,16H,6-7,9-10H2,1-2H3. The Balaban J connectivity index is 1.78. The zero-order valence-electron chi connectivity index (χ0n) is 11.4. The minimum absolute atomic E-state index is 0.00213. The molecule has 1 aliphatic rings. The molecular formula is C15H19N3O. The van der Waals surface area contributed by atoms with E-state index in [1.165, 1.54) is 11.1 Å². The maximum atomic E-state index is 5.45. The zero-order valence-corrected chi connectivity index (χ0v) is 11.4. The molecule has 1 fully saturated rings. The summed E-state index contributed by atoms with van der Waals surface area (Å²) in [6.45, 7) is 6.21.